The molecule has 1 aromatic heterocycles. The summed E-state index contributed by atoms with van der Waals surface area (Å²) in [5, 5.41) is 3.25. The Kier molecular flexibility index (Phi) is 6.58. The molecule has 0 saturated heterocycles. The number of hydrogen-bond acceptors (Lipinski definition) is 5. The number of nitrogens with one attached hydrogen (secondary N) is 2. The minimum absolute atomic E-state index is 0.209. The molecular formula is C31H32FN5O. The van der Waals surface area contributed by atoms with Gasteiger partial charge in [0.2, 0.25) is 5.95 Å². The summed E-state index contributed by atoms with van der Waals surface area (Å²) in [7, 11) is 0. The first-order valence-electron chi connectivity index (χ1n) is 13.3. The number of dihydropyridines is 1. The van der Waals surface area contributed by atoms with Gasteiger partial charge in [-0.2, -0.15) is 0 Å². The van der Waals surface area contributed by atoms with E-state index >= 15 is 0 Å². The molecule has 3 aromatic carbocycles. The van der Waals surface area contributed by atoms with Crippen LogP contribution in [-0.4, -0.2) is 46.8 Å². The van der Waals surface area contributed by atoms with E-state index in [0.717, 1.165) is 84.2 Å². The van der Waals surface area contributed by atoms with Crippen LogP contribution >= 0.6 is 0 Å². The Morgan fingerprint density at radius 3 is 2.71 bits per heavy atom. The number of allylic oxidation sites excluding steroid dienone is 1. The second-order valence-electron chi connectivity index (χ2n) is 9.89. The number of aromatic amines is 1. The molecule has 0 bridgehead atoms. The van der Waals surface area contributed by atoms with Crippen LogP contribution in [0.2, 0.25) is 0 Å². The van der Waals surface area contributed by atoms with E-state index in [2.05, 4.69) is 70.4 Å². The minimum atomic E-state index is -0.209. The fourth-order valence-electron chi connectivity index (χ4n) is 5.41. The number of aromatic nitrogens is 2. The molecule has 4 aromatic rings. The van der Waals surface area contributed by atoms with Crippen molar-refractivity contribution in [3.05, 3.63) is 88.9 Å². The highest BCUT2D eigenvalue weighted by Gasteiger charge is 2.24. The van der Waals surface area contributed by atoms with E-state index < -0.39 is 0 Å². The van der Waals surface area contributed by atoms with Gasteiger partial charge in [0, 0.05) is 49.4 Å². The number of rotatable bonds is 6. The molecule has 6 nitrogen and oxygen atoms in total. The van der Waals surface area contributed by atoms with Crippen LogP contribution in [0.25, 0.3) is 22.2 Å². The maximum Gasteiger partial charge on any atom is 0.201 e. The Bertz CT molecular complexity index is 1540. The summed E-state index contributed by atoms with van der Waals surface area (Å²) in [6.07, 6.45) is 1.64. The maximum atomic E-state index is 13.5. The van der Waals surface area contributed by atoms with E-state index in [4.69, 9.17) is 9.73 Å². The predicted molar refractivity (Wildman–Crippen MR) is 151 cm³/mol. The minimum Gasteiger partial charge on any atom is -0.491 e. The van der Waals surface area contributed by atoms with Gasteiger partial charge < -0.3 is 19.9 Å². The largest absolute Gasteiger partial charge is 0.491 e. The lowest BCUT2D eigenvalue weighted by Gasteiger charge is -2.30. The molecule has 0 saturated carbocycles. The number of halogens is 1. The number of fused-ring (bicyclic) bond motifs is 2. The standard InChI is InChI=1S/C31H32FN5O/c1-3-33-31-35-27-10-6-23(18-28(27)36-31)22-7-11-30-24(17-22)19-37(14-15-38-30)29-12-13-34-20(2)26(29)16-21-4-8-25(32)9-5-21/h4-11,17-18H,3,12-16,19H2,1-2H3,(H2,33,35,36). The van der Waals surface area contributed by atoms with Gasteiger partial charge in [-0.05, 0) is 72.5 Å². The molecule has 3 heterocycles. The summed E-state index contributed by atoms with van der Waals surface area (Å²) >= 11 is 0. The highest BCUT2D eigenvalue weighted by molar-refractivity contribution is 5.99. The first-order chi connectivity index (χ1) is 18.6. The van der Waals surface area contributed by atoms with E-state index in [1.54, 1.807) is 0 Å². The Labute approximate surface area is 222 Å². The van der Waals surface area contributed by atoms with Gasteiger partial charge in [-0.25, -0.2) is 9.37 Å². The summed E-state index contributed by atoms with van der Waals surface area (Å²) < 4.78 is 19.7. The van der Waals surface area contributed by atoms with Crippen molar-refractivity contribution in [1.29, 1.82) is 0 Å². The van der Waals surface area contributed by atoms with Crippen LogP contribution in [0.15, 0.2) is 76.9 Å². The molecule has 7 heteroatoms. The molecule has 0 radical (unpaired) electrons. The van der Waals surface area contributed by atoms with Gasteiger partial charge in [-0.1, -0.05) is 24.3 Å². The fraction of sp³-hybridized carbons (Fsp3) is 0.290. The van der Waals surface area contributed by atoms with E-state index in [9.17, 15) is 4.39 Å². The zero-order chi connectivity index (χ0) is 26.1. The Hall–Kier alpha value is -4.13. The number of anilines is 1. The number of hydrogen-bond donors (Lipinski definition) is 2. The lowest BCUT2D eigenvalue weighted by atomic mass is 9.95. The fourth-order valence-corrected chi connectivity index (χ4v) is 5.41. The van der Waals surface area contributed by atoms with Crippen LogP contribution < -0.4 is 10.1 Å². The molecule has 0 atom stereocenters. The van der Waals surface area contributed by atoms with Crippen molar-refractivity contribution < 1.29 is 9.13 Å². The quantitative estimate of drug-likeness (QED) is 0.318. The molecule has 0 spiro atoms. The zero-order valence-corrected chi connectivity index (χ0v) is 21.9. The van der Waals surface area contributed by atoms with Gasteiger partial charge in [0.15, 0.2) is 0 Å². The summed E-state index contributed by atoms with van der Waals surface area (Å²) in [5.41, 5.74) is 10.1. The molecule has 2 aliphatic heterocycles. The number of aliphatic imine (C=N–C) groups is 1. The molecule has 0 fully saturated rings. The van der Waals surface area contributed by atoms with Gasteiger partial charge in [0.25, 0.3) is 0 Å². The van der Waals surface area contributed by atoms with Crippen molar-refractivity contribution in [1.82, 2.24) is 14.9 Å². The second kappa shape index (κ2) is 10.3. The van der Waals surface area contributed by atoms with Gasteiger partial charge in [0.05, 0.1) is 17.6 Å². The summed E-state index contributed by atoms with van der Waals surface area (Å²) in [5.74, 6) is 1.52. The average molecular weight is 510 g/mol. The van der Waals surface area contributed by atoms with E-state index in [1.165, 1.54) is 29.0 Å². The van der Waals surface area contributed by atoms with E-state index in [1.807, 2.05) is 12.1 Å². The number of imidazole rings is 1. The normalized spacial score (nSPS) is 15.7. The monoisotopic (exact) mass is 509 g/mol. The van der Waals surface area contributed by atoms with E-state index in [0.29, 0.717) is 6.61 Å². The van der Waals surface area contributed by atoms with Crippen molar-refractivity contribution >= 4 is 22.7 Å². The third kappa shape index (κ3) is 4.88. The summed E-state index contributed by atoms with van der Waals surface area (Å²) in [6.45, 7) is 7.97. The number of nitrogens with zero attached hydrogens (tertiary/aromatic N) is 3. The summed E-state index contributed by atoms with van der Waals surface area (Å²) in [6, 6.07) is 19.6. The first kappa shape index (κ1) is 24.2. The highest BCUT2D eigenvalue weighted by Crippen LogP contribution is 2.33. The molecule has 0 unspecified atom stereocenters. The van der Waals surface area contributed by atoms with Crippen LogP contribution in [0.3, 0.4) is 0 Å². The van der Waals surface area contributed by atoms with Crippen molar-refractivity contribution in [3.63, 3.8) is 0 Å². The molecule has 6 rings (SSSR count). The van der Waals surface area contributed by atoms with Crippen LogP contribution in [0.5, 0.6) is 5.75 Å². The highest BCUT2D eigenvalue weighted by atomic mass is 19.1. The molecule has 0 aliphatic carbocycles. The molecule has 38 heavy (non-hydrogen) atoms. The van der Waals surface area contributed by atoms with Gasteiger partial charge >= 0.3 is 0 Å². The molecule has 194 valence electrons. The molecule has 2 N–H and O–H groups in total. The third-order valence-electron chi connectivity index (χ3n) is 7.36. The molecule has 0 amide bonds. The van der Waals surface area contributed by atoms with Gasteiger partial charge in [0.1, 0.15) is 18.2 Å². The van der Waals surface area contributed by atoms with Crippen LogP contribution in [-0.2, 0) is 13.0 Å². The van der Waals surface area contributed by atoms with Gasteiger partial charge in [-0.15, -0.1) is 0 Å². The van der Waals surface area contributed by atoms with Gasteiger partial charge in [-0.3, -0.25) is 4.99 Å². The van der Waals surface area contributed by atoms with E-state index in [-0.39, 0.29) is 5.82 Å². The first-order valence-corrected chi connectivity index (χ1v) is 13.3. The SMILES string of the molecule is CCNc1nc2ccc(-c3ccc4c(c3)CN(C3=C(Cc5ccc(F)cc5)C(C)=NCC3)CCO4)cc2[nH]1. The number of ether oxygens (including phenoxy) is 1. The lowest BCUT2D eigenvalue weighted by molar-refractivity contribution is 0.258. The van der Waals surface area contributed by atoms with Crippen molar-refractivity contribution in [2.75, 3.05) is 31.6 Å². The summed E-state index contributed by atoms with van der Waals surface area (Å²) in [4.78, 5) is 15.2. The van der Waals surface area contributed by atoms with Crippen molar-refractivity contribution in [2.24, 2.45) is 4.99 Å². The smallest absolute Gasteiger partial charge is 0.201 e. The zero-order valence-electron chi connectivity index (χ0n) is 21.9. The number of H-pyrrole nitrogens is 1. The van der Waals surface area contributed by atoms with Crippen LogP contribution in [0, 0.1) is 5.82 Å². The molecule has 2 aliphatic rings. The number of benzene rings is 3. The third-order valence-corrected chi connectivity index (χ3v) is 7.36. The maximum absolute atomic E-state index is 13.5. The van der Waals surface area contributed by atoms with Crippen LogP contribution in [0.4, 0.5) is 10.3 Å². The average Bonchev–Trinajstić information content (AvgIpc) is 3.20. The van der Waals surface area contributed by atoms with Crippen molar-refractivity contribution in [3.8, 4) is 16.9 Å². The topological polar surface area (TPSA) is 65.5 Å². The Morgan fingerprint density at radius 1 is 1.05 bits per heavy atom. The Balaban J connectivity index is 1.31. The van der Waals surface area contributed by atoms with Crippen molar-refractivity contribution in [2.45, 2.75) is 33.2 Å². The van der Waals surface area contributed by atoms with Crippen LogP contribution in [0.1, 0.15) is 31.4 Å². The second-order valence-corrected chi connectivity index (χ2v) is 9.89. The lowest BCUT2D eigenvalue weighted by Crippen LogP contribution is -2.30. The Morgan fingerprint density at radius 2 is 1.87 bits per heavy atom. The predicted octanol–water partition coefficient (Wildman–Crippen LogP) is 6.36. The molecular weight excluding hydrogens is 477 g/mol.